The summed E-state index contributed by atoms with van der Waals surface area (Å²) in [4.78, 5) is 17.5. The third-order valence-electron chi connectivity index (χ3n) is 6.39. The Labute approximate surface area is 231 Å². The van der Waals surface area contributed by atoms with E-state index < -0.39 is 33.2 Å². The summed E-state index contributed by atoms with van der Waals surface area (Å²) < 4.78 is 73.6. The molecule has 2 heterocycles. The molecular formula is C27H21ClF3N3O5S. The lowest BCUT2D eigenvalue weighted by Gasteiger charge is -2.26. The Morgan fingerprint density at radius 1 is 0.975 bits per heavy atom. The number of alkyl halides is 3. The summed E-state index contributed by atoms with van der Waals surface area (Å²) in [5.74, 6) is -0.653. The van der Waals surface area contributed by atoms with E-state index in [0.717, 1.165) is 22.8 Å². The van der Waals surface area contributed by atoms with Gasteiger partial charge in [0.05, 0.1) is 45.6 Å². The Balaban J connectivity index is 1.64. The summed E-state index contributed by atoms with van der Waals surface area (Å²) in [5.41, 5.74) is -1.85. The van der Waals surface area contributed by atoms with Crippen molar-refractivity contribution in [2.24, 2.45) is 4.99 Å². The van der Waals surface area contributed by atoms with Gasteiger partial charge < -0.3 is 9.84 Å². The van der Waals surface area contributed by atoms with Crippen molar-refractivity contribution in [3.05, 3.63) is 93.2 Å². The van der Waals surface area contributed by atoms with Crippen molar-refractivity contribution in [1.82, 2.24) is 8.87 Å². The normalized spacial score (nSPS) is 15.2. The highest BCUT2D eigenvalue weighted by molar-refractivity contribution is 7.89. The van der Waals surface area contributed by atoms with Crippen LogP contribution in [0.25, 0.3) is 16.5 Å². The molecule has 1 aliphatic heterocycles. The Bertz CT molecular complexity index is 1800. The van der Waals surface area contributed by atoms with Gasteiger partial charge >= 0.3 is 6.18 Å². The van der Waals surface area contributed by atoms with Crippen LogP contribution >= 0.6 is 11.6 Å². The molecule has 0 radical (unpaired) electrons. The number of benzene rings is 3. The predicted molar refractivity (Wildman–Crippen MR) is 144 cm³/mol. The number of nitrogens with zero attached hydrogens (tertiary/aromatic N) is 3. The average molecular weight is 592 g/mol. The van der Waals surface area contributed by atoms with Crippen LogP contribution in [0.15, 0.2) is 81.4 Å². The summed E-state index contributed by atoms with van der Waals surface area (Å²) in [6.07, 6.45) is -3.48. The number of ether oxygens (including phenoxy) is 1. The number of hydrogen-bond donors (Lipinski definition) is 1. The fourth-order valence-electron chi connectivity index (χ4n) is 4.37. The number of aliphatic imine (C=N–C) groups is 1. The molecule has 3 aromatic carbocycles. The molecule has 0 aliphatic carbocycles. The molecule has 4 aromatic rings. The fraction of sp³-hybridized carbons (Fsp3) is 0.185. The predicted octanol–water partition coefficient (Wildman–Crippen LogP) is 5.14. The maximum absolute atomic E-state index is 13.4. The van der Waals surface area contributed by atoms with Crippen molar-refractivity contribution in [3.8, 4) is 11.6 Å². The molecule has 40 heavy (non-hydrogen) atoms. The van der Waals surface area contributed by atoms with Crippen molar-refractivity contribution in [2.45, 2.75) is 11.1 Å². The van der Waals surface area contributed by atoms with Crippen molar-refractivity contribution in [3.63, 3.8) is 0 Å². The van der Waals surface area contributed by atoms with Gasteiger partial charge in [-0.25, -0.2) is 13.0 Å². The van der Waals surface area contributed by atoms with E-state index in [1.165, 1.54) is 40.9 Å². The minimum atomic E-state index is -4.67. The van der Waals surface area contributed by atoms with E-state index >= 15 is 0 Å². The number of sulfonamides is 1. The fourth-order valence-corrected chi connectivity index (χ4v) is 5.97. The van der Waals surface area contributed by atoms with Crippen LogP contribution in [0.2, 0.25) is 5.02 Å². The molecule has 208 valence electrons. The Kier molecular flexibility index (Phi) is 7.44. The van der Waals surface area contributed by atoms with E-state index in [9.17, 15) is 31.5 Å². The second-order valence-electron chi connectivity index (χ2n) is 8.86. The van der Waals surface area contributed by atoms with Gasteiger partial charge in [0.1, 0.15) is 0 Å². The van der Waals surface area contributed by atoms with Gasteiger partial charge in [-0.3, -0.25) is 9.79 Å². The van der Waals surface area contributed by atoms with Crippen LogP contribution in [0, 0.1) is 0 Å². The highest BCUT2D eigenvalue weighted by atomic mass is 35.5. The first-order chi connectivity index (χ1) is 19.0. The largest absolute Gasteiger partial charge is 0.494 e. The smallest absolute Gasteiger partial charge is 0.416 e. The molecule has 1 N–H and O–H groups in total. The molecule has 0 amide bonds. The summed E-state index contributed by atoms with van der Waals surface area (Å²) >= 11 is 6.30. The molecule has 8 nitrogen and oxygen atoms in total. The molecular weight excluding hydrogens is 571 g/mol. The van der Waals surface area contributed by atoms with Crippen molar-refractivity contribution >= 4 is 44.3 Å². The molecule has 0 saturated carbocycles. The maximum Gasteiger partial charge on any atom is 0.416 e. The van der Waals surface area contributed by atoms with Crippen LogP contribution in [-0.4, -0.2) is 54.9 Å². The third kappa shape index (κ3) is 5.22. The summed E-state index contributed by atoms with van der Waals surface area (Å²) in [6.45, 7) is 0.929. The summed E-state index contributed by atoms with van der Waals surface area (Å²) in [5, 5.41) is 11.7. The van der Waals surface area contributed by atoms with Crippen molar-refractivity contribution in [1.29, 1.82) is 0 Å². The first-order valence-corrected chi connectivity index (χ1v) is 13.8. The van der Waals surface area contributed by atoms with Gasteiger partial charge in [0.2, 0.25) is 15.9 Å². The van der Waals surface area contributed by atoms with Crippen LogP contribution in [0.1, 0.15) is 11.1 Å². The van der Waals surface area contributed by atoms with Crippen molar-refractivity contribution in [2.75, 3.05) is 26.3 Å². The second-order valence-corrected chi connectivity index (χ2v) is 11.2. The number of pyridine rings is 1. The molecule has 0 atom stereocenters. The first kappa shape index (κ1) is 27.8. The lowest BCUT2D eigenvalue weighted by Crippen LogP contribution is -2.40. The standard InChI is InChI=1S/C27H21ClF3N3O5S/c28-23-9-8-19(40(37,38)33-10-12-39-13-11-33)15-24(23)32-16-22-20-6-1-2-7-21(20)25(35)34(26(22)36)18-5-3-4-17(14-18)27(29,30)31/h1-9,14-16,36H,10-13H2. The van der Waals surface area contributed by atoms with Gasteiger partial charge in [-0.05, 0) is 42.5 Å². The number of fused-ring (bicyclic) bond motifs is 1. The van der Waals surface area contributed by atoms with E-state index in [4.69, 9.17) is 16.3 Å². The third-order valence-corrected chi connectivity index (χ3v) is 8.61. The average Bonchev–Trinajstić information content (AvgIpc) is 2.94. The number of morpholine rings is 1. The highest BCUT2D eigenvalue weighted by Crippen LogP contribution is 2.33. The molecule has 1 saturated heterocycles. The molecule has 1 aliphatic rings. The van der Waals surface area contributed by atoms with Gasteiger partial charge in [-0.1, -0.05) is 35.9 Å². The van der Waals surface area contributed by atoms with E-state index in [1.54, 1.807) is 18.2 Å². The minimum absolute atomic E-state index is 0.0186. The number of hydrogen-bond acceptors (Lipinski definition) is 6. The number of rotatable bonds is 5. The lowest BCUT2D eigenvalue weighted by molar-refractivity contribution is -0.137. The summed E-state index contributed by atoms with van der Waals surface area (Å²) in [7, 11) is -3.86. The molecule has 13 heteroatoms. The van der Waals surface area contributed by atoms with E-state index in [1.807, 2.05) is 0 Å². The first-order valence-electron chi connectivity index (χ1n) is 11.9. The molecule has 0 spiro atoms. The van der Waals surface area contributed by atoms with Gasteiger partial charge in [-0.2, -0.15) is 17.5 Å². The number of aromatic hydroxyl groups is 1. The Morgan fingerprint density at radius 3 is 2.38 bits per heavy atom. The van der Waals surface area contributed by atoms with E-state index in [2.05, 4.69) is 4.99 Å². The topological polar surface area (TPSA) is 101 Å². The van der Waals surface area contributed by atoms with Gasteiger partial charge in [0.25, 0.3) is 5.56 Å². The monoisotopic (exact) mass is 591 g/mol. The zero-order valence-electron chi connectivity index (χ0n) is 20.6. The molecule has 0 bridgehead atoms. The zero-order chi connectivity index (χ0) is 28.7. The SMILES string of the molecule is O=c1c2ccccc2c(C=Nc2cc(S(=O)(=O)N3CCOCC3)ccc2Cl)c(O)n1-c1cccc(C(F)(F)F)c1. The van der Waals surface area contributed by atoms with Crippen LogP contribution in [0.5, 0.6) is 5.88 Å². The summed E-state index contributed by atoms with van der Waals surface area (Å²) in [6, 6.07) is 14.3. The van der Waals surface area contributed by atoms with Crippen LogP contribution in [-0.2, 0) is 20.9 Å². The van der Waals surface area contributed by atoms with E-state index in [-0.39, 0.29) is 63.9 Å². The minimum Gasteiger partial charge on any atom is -0.494 e. The molecule has 0 unspecified atom stereocenters. The molecule has 1 fully saturated rings. The highest BCUT2D eigenvalue weighted by Gasteiger charge is 2.31. The maximum atomic E-state index is 13.4. The number of halogens is 4. The zero-order valence-corrected chi connectivity index (χ0v) is 22.2. The van der Waals surface area contributed by atoms with Gasteiger partial charge in [0.15, 0.2) is 0 Å². The molecule has 5 rings (SSSR count). The number of aromatic nitrogens is 1. The van der Waals surface area contributed by atoms with E-state index in [0.29, 0.717) is 0 Å². The molecule has 1 aromatic heterocycles. The van der Waals surface area contributed by atoms with Gasteiger partial charge in [0, 0.05) is 30.1 Å². The van der Waals surface area contributed by atoms with Crippen LogP contribution in [0.3, 0.4) is 0 Å². The van der Waals surface area contributed by atoms with Crippen molar-refractivity contribution < 1.29 is 31.4 Å². The van der Waals surface area contributed by atoms with Gasteiger partial charge in [-0.15, -0.1) is 0 Å². The Hall–Kier alpha value is -3.71. The van der Waals surface area contributed by atoms with Crippen LogP contribution in [0.4, 0.5) is 18.9 Å². The Morgan fingerprint density at radius 2 is 1.68 bits per heavy atom. The second kappa shape index (κ2) is 10.7. The lowest BCUT2D eigenvalue weighted by atomic mass is 10.1. The quantitative estimate of drug-likeness (QED) is 0.324. The van der Waals surface area contributed by atoms with Crippen LogP contribution < -0.4 is 5.56 Å².